The van der Waals surface area contributed by atoms with Crippen LogP contribution in [0.25, 0.3) is 0 Å². The van der Waals surface area contributed by atoms with E-state index in [-0.39, 0.29) is 42.8 Å². The minimum absolute atomic E-state index is 0. The molecule has 0 spiro atoms. The van der Waals surface area contributed by atoms with Crippen LogP contribution in [0.3, 0.4) is 0 Å². The molecule has 1 amide bonds. The van der Waals surface area contributed by atoms with Crippen LogP contribution < -0.4 is 15.8 Å². The minimum Gasteiger partial charge on any atom is -0.497 e. The van der Waals surface area contributed by atoms with Gasteiger partial charge in [0.1, 0.15) is 5.75 Å². The summed E-state index contributed by atoms with van der Waals surface area (Å²) in [7, 11) is 1.68. The van der Waals surface area contributed by atoms with Crippen molar-refractivity contribution in [3.63, 3.8) is 0 Å². The Morgan fingerprint density at radius 1 is 1.19 bits per heavy atom. The first-order chi connectivity index (χ1) is 11.6. The van der Waals surface area contributed by atoms with Crippen molar-refractivity contribution in [2.24, 2.45) is 5.73 Å². The number of carbonyl (C=O) groups is 1. The lowest BCUT2D eigenvalue weighted by atomic mass is 10.0. The monoisotopic (exact) mass is 405 g/mol. The van der Waals surface area contributed by atoms with Crippen LogP contribution in [-0.2, 0) is 4.79 Å². The van der Waals surface area contributed by atoms with Crippen LogP contribution in [0.1, 0.15) is 50.6 Å². The molecule has 7 heteroatoms. The maximum absolute atomic E-state index is 12.1. The van der Waals surface area contributed by atoms with Gasteiger partial charge in [-0.15, -0.1) is 24.8 Å². The van der Waals surface area contributed by atoms with Gasteiger partial charge in [-0.25, -0.2) is 0 Å². The molecule has 0 aromatic heterocycles. The summed E-state index contributed by atoms with van der Waals surface area (Å²) in [4.78, 5) is 14.5. The molecule has 1 aromatic rings. The van der Waals surface area contributed by atoms with Crippen molar-refractivity contribution in [1.29, 1.82) is 0 Å². The van der Waals surface area contributed by atoms with Crippen LogP contribution in [0.15, 0.2) is 24.3 Å². The van der Waals surface area contributed by atoms with E-state index in [1.165, 1.54) is 24.8 Å². The first-order valence-electron chi connectivity index (χ1n) is 9.00. The molecule has 1 heterocycles. The number of hydrogen-bond acceptors (Lipinski definition) is 4. The molecule has 1 fully saturated rings. The number of piperidine rings is 1. The lowest BCUT2D eigenvalue weighted by Crippen LogP contribution is -2.40. The molecule has 150 valence electrons. The van der Waals surface area contributed by atoms with E-state index in [1.807, 2.05) is 19.1 Å². The van der Waals surface area contributed by atoms with Gasteiger partial charge in [-0.2, -0.15) is 0 Å². The van der Waals surface area contributed by atoms with Crippen molar-refractivity contribution in [2.45, 2.75) is 51.1 Å². The molecule has 0 radical (unpaired) electrons. The fourth-order valence-corrected chi connectivity index (χ4v) is 3.17. The molecular weight excluding hydrogens is 373 g/mol. The van der Waals surface area contributed by atoms with Gasteiger partial charge in [0.05, 0.1) is 13.2 Å². The van der Waals surface area contributed by atoms with Gasteiger partial charge < -0.3 is 15.8 Å². The second-order valence-electron chi connectivity index (χ2n) is 6.71. The first kappa shape index (κ1) is 25.0. The number of halogens is 2. The summed E-state index contributed by atoms with van der Waals surface area (Å²) in [6, 6.07) is 8.47. The molecule has 0 saturated carbocycles. The number of nitrogens with two attached hydrogens (primary N) is 1. The third kappa shape index (κ3) is 8.12. The van der Waals surface area contributed by atoms with Crippen LogP contribution in [0.2, 0.25) is 0 Å². The van der Waals surface area contributed by atoms with Crippen LogP contribution >= 0.6 is 24.8 Å². The molecule has 2 atom stereocenters. The smallest absolute Gasteiger partial charge is 0.220 e. The van der Waals surface area contributed by atoms with Gasteiger partial charge in [-0.3, -0.25) is 9.69 Å². The summed E-state index contributed by atoms with van der Waals surface area (Å²) in [5.41, 5.74) is 6.96. The highest BCUT2D eigenvalue weighted by molar-refractivity contribution is 5.85. The second kappa shape index (κ2) is 13.2. The molecule has 2 rings (SSSR count). The number of rotatable bonds is 8. The summed E-state index contributed by atoms with van der Waals surface area (Å²) >= 11 is 0. The Morgan fingerprint density at radius 3 is 2.35 bits per heavy atom. The highest BCUT2D eigenvalue weighted by atomic mass is 35.5. The van der Waals surface area contributed by atoms with Gasteiger partial charge in [-0.05, 0) is 57.0 Å². The largest absolute Gasteiger partial charge is 0.497 e. The number of hydrogen-bond donors (Lipinski definition) is 2. The summed E-state index contributed by atoms with van der Waals surface area (Å²) in [5.74, 6) is 0.944. The van der Waals surface area contributed by atoms with E-state index >= 15 is 0 Å². The van der Waals surface area contributed by atoms with Gasteiger partial charge >= 0.3 is 0 Å². The van der Waals surface area contributed by atoms with Crippen molar-refractivity contribution in [3.8, 4) is 5.75 Å². The van der Waals surface area contributed by atoms with Crippen LogP contribution in [0.4, 0.5) is 0 Å². The molecule has 5 nitrogen and oxygen atoms in total. The number of carbonyl (C=O) groups excluding carboxylic acids is 1. The number of amides is 1. The van der Waals surface area contributed by atoms with Crippen LogP contribution in [0.5, 0.6) is 5.75 Å². The molecule has 3 N–H and O–H groups in total. The Bertz CT molecular complexity index is 506. The molecule has 1 aliphatic rings. The van der Waals surface area contributed by atoms with E-state index in [0.29, 0.717) is 13.0 Å². The fraction of sp³-hybridized carbons (Fsp3) is 0.632. The number of methoxy groups -OCH3 is 1. The Labute approximate surface area is 169 Å². The average molecular weight is 406 g/mol. The van der Waals surface area contributed by atoms with E-state index in [1.54, 1.807) is 7.11 Å². The Hall–Kier alpha value is -1.01. The molecule has 0 aliphatic carbocycles. The quantitative estimate of drug-likeness (QED) is 0.695. The number of ether oxygens (including phenoxy) is 1. The molecule has 1 aromatic carbocycles. The van der Waals surface area contributed by atoms with Gasteiger partial charge in [0, 0.05) is 19.0 Å². The normalized spacial score (nSPS) is 16.6. The third-order valence-corrected chi connectivity index (χ3v) is 4.65. The number of benzene rings is 1. The second-order valence-corrected chi connectivity index (χ2v) is 6.71. The maximum Gasteiger partial charge on any atom is 0.220 e. The third-order valence-electron chi connectivity index (χ3n) is 4.65. The van der Waals surface area contributed by atoms with Gasteiger partial charge in [0.2, 0.25) is 5.91 Å². The van der Waals surface area contributed by atoms with E-state index in [2.05, 4.69) is 22.3 Å². The predicted molar refractivity (Wildman–Crippen MR) is 112 cm³/mol. The summed E-state index contributed by atoms with van der Waals surface area (Å²) < 4.78 is 5.25. The number of likely N-dealkylation sites (tertiary alicyclic amines) is 1. The van der Waals surface area contributed by atoms with Crippen molar-refractivity contribution >= 4 is 30.7 Å². The van der Waals surface area contributed by atoms with Gasteiger partial charge in [0.15, 0.2) is 0 Å². The van der Waals surface area contributed by atoms with Crippen molar-refractivity contribution < 1.29 is 9.53 Å². The standard InChI is InChI=1S/C19H31N3O2.2ClH/c1-15(20)6-11-19(23)21-14-18(22-12-4-3-5-13-22)16-7-9-17(24-2)10-8-16;;/h7-10,15,18H,3-6,11-14,20H2,1-2H3,(H,21,23);2*1H. The lowest BCUT2D eigenvalue weighted by Gasteiger charge is -2.35. The zero-order valence-electron chi connectivity index (χ0n) is 15.8. The van der Waals surface area contributed by atoms with Crippen molar-refractivity contribution in [1.82, 2.24) is 10.2 Å². The number of nitrogens with zero attached hydrogens (tertiary/aromatic N) is 1. The molecular formula is C19H33Cl2N3O2. The summed E-state index contributed by atoms with van der Waals surface area (Å²) in [6.07, 6.45) is 4.97. The minimum atomic E-state index is 0. The Morgan fingerprint density at radius 2 is 1.81 bits per heavy atom. The van der Waals surface area contributed by atoms with Crippen molar-refractivity contribution in [3.05, 3.63) is 29.8 Å². The number of nitrogens with one attached hydrogen (secondary N) is 1. The van der Waals surface area contributed by atoms with Gasteiger partial charge in [-0.1, -0.05) is 18.6 Å². The highest BCUT2D eigenvalue weighted by Gasteiger charge is 2.22. The Balaban J connectivity index is 0.00000312. The van der Waals surface area contributed by atoms with E-state index in [0.717, 1.165) is 25.3 Å². The zero-order valence-corrected chi connectivity index (χ0v) is 17.4. The zero-order chi connectivity index (χ0) is 17.4. The van der Waals surface area contributed by atoms with E-state index < -0.39 is 0 Å². The predicted octanol–water partition coefficient (Wildman–Crippen LogP) is 3.31. The summed E-state index contributed by atoms with van der Waals surface area (Å²) in [5, 5.41) is 3.10. The van der Waals surface area contributed by atoms with E-state index in [9.17, 15) is 4.79 Å². The van der Waals surface area contributed by atoms with Gasteiger partial charge in [0.25, 0.3) is 0 Å². The lowest BCUT2D eigenvalue weighted by molar-refractivity contribution is -0.121. The molecule has 1 saturated heterocycles. The SMILES string of the molecule is COc1ccc(C(CNC(=O)CCC(C)N)N2CCCCC2)cc1.Cl.Cl. The first-order valence-corrected chi connectivity index (χ1v) is 9.00. The topological polar surface area (TPSA) is 67.6 Å². The maximum atomic E-state index is 12.1. The Kier molecular flexibility index (Phi) is 12.7. The molecule has 26 heavy (non-hydrogen) atoms. The van der Waals surface area contributed by atoms with Crippen LogP contribution in [-0.4, -0.2) is 43.6 Å². The molecule has 2 unspecified atom stereocenters. The van der Waals surface area contributed by atoms with E-state index in [4.69, 9.17) is 10.5 Å². The molecule has 1 aliphatic heterocycles. The average Bonchev–Trinajstić information content (AvgIpc) is 2.61. The van der Waals surface area contributed by atoms with Crippen molar-refractivity contribution in [2.75, 3.05) is 26.7 Å². The van der Waals surface area contributed by atoms with Crippen LogP contribution in [0, 0.1) is 0 Å². The highest BCUT2D eigenvalue weighted by Crippen LogP contribution is 2.25. The fourth-order valence-electron chi connectivity index (χ4n) is 3.17. The molecule has 0 bridgehead atoms. The summed E-state index contributed by atoms with van der Waals surface area (Å²) in [6.45, 7) is 4.75.